The minimum Gasteiger partial charge on any atom is -0.382 e. The van der Waals surface area contributed by atoms with Crippen molar-refractivity contribution in [1.29, 1.82) is 0 Å². The lowest BCUT2D eigenvalue weighted by molar-refractivity contribution is 0.262. The van der Waals surface area contributed by atoms with Crippen LogP contribution in [-0.2, 0) is 0 Å². The van der Waals surface area contributed by atoms with E-state index in [1.807, 2.05) is 13.0 Å². The van der Waals surface area contributed by atoms with Crippen LogP contribution in [0.2, 0.25) is 0 Å². The van der Waals surface area contributed by atoms with Gasteiger partial charge in [-0.1, -0.05) is 12.1 Å². The molecule has 29 heavy (non-hydrogen) atoms. The molecule has 3 aromatic heterocycles. The highest BCUT2D eigenvalue weighted by molar-refractivity contribution is 6.00. The van der Waals surface area contributed by atoms with Crippen molar-refractivity contribution in [2.24, 2.45) is 0 Å². The first-order valence-electron chi connectivity index (χ1n) is 8.65. The molecule has 4 N–H and O–H groups in total. The fourth-order valence-electron chi connectivity index (χ4n) is 2.99. The van der Waals surface area contributed by atoms with E-state index in [1.54, 1.807) is 47.2 Å². The van der Waals surface area contributed by atoms with Crippen LogP contribution in [-0.4, -0.2) is 25.6 Å². The van der Waals surface area contributed by atoms with E-state index in [2.05, 4.69) is 30.5 Å². The van der Waals surface area contributed by atoms with Gasteiger partial charge in [-0.05, 0) is 42.3 Å². The Morgan fingerprint density at radius 2 is 1.97 bits per heavy atom. The van der Waals surface area contributed by atoms with Crippen LogP contribution in [0, 0.1) is 13.5 Å². The zero-order valence-electron chi connectivity index (χ0n) is 15.4. The van der Waals surface area contributed by atoms with Crippen molar-refractivity contribution < 1.29 is 4.79 Å². The van der Waals surface area contributed by atoms with Crippen molar-refractivity contribution in [2.45, 2.75) is 6.92 Å². The third-order valence-corrected chi connectivity index (χ3v) is 4.29. The van der Waals surface area contributed by atoms with E-state index < -0.39 is 6.03 Å². The predicted molar refractivity (Wildman–Crippen MR) is 111 cm³/mol. The van der Waals surface area contributed by atoms with Crippen LogP contribution in [0.4, 0.5) is 27.8 Å². The molecule has 9 nitrogen and oxygen atoms in total. The molecule has 4 aromatic rings. The van der Waals surface area contributed by atoms with E-state index in [9.17, 15) is 4.79 Å². The summed E-state index contributed by atoms with van der Waals surface area (Å²) in [4.78, 5) is 23.9. The number of aryl methyl sites for hydroxylation is 1. The smallest absolute Gasteiger partial charge is 0.324 e. The van der Waals surface area contributed by atoms with Gasteiger partial charge in [0.2, 0.25) is 5.69 Å². The van der Waals surface area contributed by atoms with Gasteiger partial charge < -0.3 is 11.1 Å². The molecule has 4 rings (SSSR count). The maximum absolute atomic E-state index is 12.2. The van der Waals surface area contributed by atoms with Crippen molar-refractivity contribution in [3.8, 4) is 11.1 Å². The van der Waals surface area contributed by atoms with Crippen molar-refractivity contribution >= 4 is 34.6 Å². The van der Waals surface area contributed by atoms with Gasteiger partial charge in [0.1, 0.15) is 17.7 Å². The first kappa shape index (κ1) is 17.9. The zero-order valence-corrected chi connectivity index (χ0v) is 15.4. The van der Waals surface area contributed by atoms with Gasteiger partial charge >= 0.3 is 6.03 Å². The van der Waals surface area contributed by atoms with Gasteiger partial charge in [-0.2, -0.15) is 5.10 Å². The van der Waals surface area contributed by atoms with Gasteiger partial charge in [-0.25, -0.2) is 24.1 Å². The molecule has 0 unspecified atom stereocenters. The van der Waals surface area contributed by atoms with E-state index in [-0.39, 0.29) is 5.82 Å². The number of benzene rings is 1. The maximum Gasteiger partial charge on any atom is 0.324 e. The van der Waals surface area contributed by atoms with Crippen molar-refractivity contribution in [3.05, 3.63) is 72.1 Å². The number of rotatable bonds is 3. The summed E-state index contributed by atoms with van der Waals surface area (Å²) in [5, 5.41) is 9.55. The molecule has 0 saturated carbocycles. The standard InChI is InChI=1S/C20H16N8O/c1-12-7-8-23-16(9-12)27-20(29)26-14-5-3-13(4-6-14)17-15(22-2)10-28-18(17)19(21)24-11-25-28/h3-11H,1H3,(H2,21,24,25)(H2,23,26,27,29). The molecule has 142 valence electrons. The lowest BCUT2D eigenvalue weighted by atomic mass is 10.1. The van der Waals surface area contributed by atoms with Gasteiger partial charge in [0.15, 0.2) is 5.82 Å². The number of carbonyl (C=O) groups is 1. The number of aromatic nitrogens is 4. The Morgan fingerprint density at radius 3 is 2.69 bits per heavy atom. The Morgan fingerprint density at radius 1 is 1.17 bits per heavy atom. The van der Waals surface area contributed by atoms with Crippen LogP contribution < -0.4 is 16.4 Å². The average Bonchev–Trinajstić information content (AvgIpc) is 3.08. The van der Waals surface area contributed by atoms with Crippen LogP contribution in [0.25, 0.3) is 21.5 Å². The number of hydrogen-bond acceptors (Lipinski definition) is 5. The zero-order chi connectivity index (χ0) is 20.4. The summed E-state index contributed by atoms with van der Waals surface area (Å²) in [6.45, 7) is 9.37. The van der Waals surface area contributed by atoms with Crippen LogP contribution in [0.3, 0.4) is 0 Å². The number of urea groups is 1. The van der Waals surface area contributed by atoms with Crippen LogP contribution >= 0.6 is 0 Å². The van der Waals surface area contributed by atoms with Crippen molar-refractivity contribution in [3.63, 3.8) is 0 Å². The molecular formula is C20H16N8O. The number of nitrogen functional groups attached to an aromatic ring is 1. The summed E-state index contributed by atoms with van der Waals surface area (Å²) in [5.74, 6) is 0.758. The third kappa shape index (κ3) is 3.54. The molecule has 0 radical (unpaired) electrons. The molecular weight excluding hydrogens is 368 g/mol. The topological polar surface area (TPSA) is 115 Å². The number of nitrogens with one attached hydrogen (secondary N) is 2. The maximum atomic E-state index is 12.2. The van der Waals surface area contributed by atoms with Gasteiger partial charge in [-0.15, -0.1) is 0 Å². The molecule has 2 amide bonds. The first-order chi connectivity index (χ1) is 14.0. The third-order valence-electron chi connectivity index (χ3n) is 4.29. The monoisotopic (exact) mass is 384 g/mol. The molecule has 0 spiro atoms. The molecule has 0 aliphatic heterocycles. The molecule has 9 heteroatoms. The molecule has 0 aliphatic rings. The Hall–Kier alpha value is -4.45. The second-order valence-corrected chi connectivity index (χ2v) is 6.31. The number of nitrogens with two attached hydrogens (primary N) is 1. The summed E-state index contributed by atoms with van der Waals surface area (Å²) < 4.78 is 1.54. The summed E-state index contributed by atoms with van der Waals surface area (Å²) >= 11 is 0. The Bertz CT molecular complexity index is 1250. The summed E-state index contributed by atoms with van der Waals surface area (Å²) in [5.41, 5.74) is 10.00. The lowest BCUT2D eigenvalue weighted by Crippen LogP contribution is -2.20. The number of nitrogens with zero attached hydrogens (tertiary/aromatic N) is 5. The molecule has 0 saturated heterocycles. The van der Waals surface area contributed by atoms with E-state index in [1.165, 1.54) is 6.33 Å². The highest BCUT2D eigenvalue weighted by atomic mass is 16.2. The molecule has 1 aromatic carbocycles. The minimum absolute atomic E-state index is 0.289. The van der Waals surface area contributed by atoms with Gasteiger partial charge in [0.25, 0.3) is 0 Å². The quantitative estimate of drug-likeness (QED) is 0.464. The fourth-order valence-corrected chi connectivity index (χ4v) is 2.99. The highest BCUT2D eigenvalue weighted by Crippen LogP contribution is 2.37. The normalized spacial score (nSPS) is 10.5. The minimum atomic E-state index is -0.398. The van der Waals surface area contributed by atoms with Gasteiger partial charge in [0, 0.05) is 23.6 Å². The van der Waals surface area contributed by atoms with Crippen LogP contribution in [0.15, 0.2) is 55.1 Å². The van der Waals surface area contributed by atoms with E-state index in [0.717, 1.165) is 11.1 Å². The Balaban J connectivity index is 1.58. The molecule has 0 atom stereocenters. The SMILES string of the molecule is [C-]#[N+]c1cn2ncnc(N)c2c1-c1ccc(NC(=O)Nc2cc(C)ccn2)cc1. The van der Waals surface area contributed by atoms with E-state index in [4.69, 9.17) is 12.3 Å². The average molecular weight is 384 g/mol. The number of pyridine rings is 1. The van der Waals surface area contributed by atoms with Crippen molar-refractivity contribution in [1.82, 2.24) is 19.6 Å². The first-order valence-corrected chi connectivity index (χ1v) is 8.65. The largest absolute Gasteiger partial charge is 0.382 e. The molecule has 0 bridgehead atoms. The van der Waals surface area contributed by atoms with Crippen LogP contribution in [0.1, 0.15) is 5.56 Å². The van der Waals surface area contributed by atoms with Gasteiger partial charge in [0.05, 0.1) is 6.57 Å². The van der Waals surface area contributed by atoms with Crippen molar-refractivity contribution in [2.75, 3.05) is 16.4 Å². The van der Waals surface area contributed by atoms with Crippen LogP contribution in [0.5, 0.6) is 0 Å². The summed E-state index contributed by atoms with van der Waals surface area (Å²) in [6.07, 6.45) is 4.59. The Labute approximate surface area is 166 Å². The number of anilines is 3. The second-order valence-electron chi connectivity index (χ2n) is 6.31. The molecule has 0 fully saturated rings. The molecule has 3 heterocycles. The van der Waals surface area contributed by atoms with E-state index >= 15 is 0 Å². The van der Waals surface area contributed by atoms with E-state index in [0.29, 0.717) is 28.3 Å². The fraction of sp³-hybridized carbons (Fsp3) is 0.0500. The lowest BCUT2D eigenvalue weighted by Gasteiger charge is -2.09. The van der Waals surface area contributed by atoms with Gasteiger partial charge in [-0.3, -0.25) is 5.32 Å². The Kier molecular flexibility index (Phi) is 4.50. The molecule has 0 aliphatic carbocycles. The predicted octanol–water partition coefficient (Wildman–Crippen LogP) is 3.88. The number of hydrogen-bond donors (Lipinski definition) is 3. The number of amides is 2. The summed E-state index contributed by atoms with van der Waals surface area (Å²) in [7, 11) is 0. The number of fused-ring (bicyclic) bond motifs is 1. The number of carbonyl (C=O) groups excluding carboxylic acids is 1. The summed E-state index contributed by atoms with van der Waals surface area (Å²) in [6, 6.07) is 10.3. The second kappa shape index (κ2) is 7.28. The highest BCUT2D eigenvalue weighted by Gasteiger charge is 2.16.